The van der Waals surface area contributed by atoms with Gasteiger partial charge in [0.2, 0.25) is 5.96 Å². The highest BCUT2D eigenvalue weighted by atomic mass is 19.4. The number of rotatable bonds is 7. The third-order valence-electron chi connectivity index (χ3n) is 5.45. The van der Waals surface area contributed by atoms with Gasteiger partial charge in [-0.1, -0.05) is 0 Å². The summed E-state index contributed by atoms with van der Waals surface area (Å²) in [6, 6.07) is 2.65. The molecule has 0 heterocycles. The zero-order valence-electron chi connectivity index (χ0n) is 19.9. The molecule has 0 radical (unpaired) electrons. The molecule has 0 aromatic heterocycles. The van der Waals surface area contributed by atoms with E-state index in [0.717, 1.165) is 18.2 Å². The number of aliphatic imine (C=N–C) groups is 3. The zero-order valence-corrected chi connectivity index (χ0v) is 19.9. The van der Waals surface area contributed by atoms with Gasteiger partial charge in [0.05, 0.1) is 25.0 Å². The molecule has 0 bridgehead atoms. The van der Waals surface area contributed by atoms with Gasteiger partial charge >= 0.3 is 6.18 Å². The summed E-state index contributed by atoms with van der Waals surface area (Å²) in [5.41, 5.74) is 0.397. The Morgan fingerprint density at radius 2 is 1.89 bits per heavy atom. The van der Waals surface area contributed by atoms with Crippen molar-refractivity contribution in [3.63, 3.8) is 0 Å². The van der Waals surface area contributed by atoms with Crippen molar-refractivity contribution in [1.29, 1.82) is 0 Å². The number of alkyl halides is 3. The molecule has 1 amide bonds. The number of ether oxygens (including phenoxy) is 1. The maximum atomic E-state index is 13.6. The summed E-state index contributed by atoms with van der Waals surface area (Å²) < 4.78 is 72.5. The van der Waals surface area contributed by atoms with E-state index in [0.29, 0.717) is 12.3 Å². The lowest BCUT2D eigenvalue weighted by molar-refractivity contribution is -0.179. The smallest absolute Gasteiger partial charge is 0.380 e. The fourth-order valence-electron chi connectivity index (χ4n) is 3.69. The van der Waals surface area contributed by atoms with Gasteiger partial charge in [0.1, 0.15) is 5.84 Å². The lowest BCUT2D eigenvalue weighted by atomic mass is 9.78. The van der Waals surface area contributed by atoms with Crippen molar-refractivity contribution in [2.24, 2.45) is 26.8 Å². The van der Waals surface area contributed by atoms with Crippen molar-refractivity contribution in [2.45, 2.75) is 39.3 Å². The number of carbonyl (C=O) groups excluding carboxylic acids is 1. The minimum absolute atomic E-state index is 0.0613. The second-order valence-electron chi connectivity index (χ2n) is 7.78. The van der Waals surface area contributed by atoms with E-state index < -0.39 is 35.6 Å². The van der Waals surface area contributed by atoms with Crippen LogP contribution in [-0.4, -0.2) is 62.9 Å². The first-order chi connectivity index (χ1) is 16.6. The van der Waals surface area contributed by atoms with Gasteiger partial charge in [-0.15, -0.1) is 0 Å². The predicted molar refractivity (Wildman–Crippen MR) is 124 cm³/mol. The number of halogens is 5. The molecule has 2 N–H and O–H groups in total. The summed E-state index contributed by atoms with van der Waals surface area (Å²) in [6.45, 7) is 4.57. The minimum Gasteiger partial charge on any atom is -0.380 e. The molecular formula is C23H30F5N5O2. The normalized spacial score (nSPS) is 20.7. The predicted octanol–water partition coefficient (Wildman–Crippen LogP) is 4.14. The standard InChI is InChI=1S/C23H30F5N5O2/c1-4-30-20(16-13-15(23(26,27)28)7-9-19(16)29-3)32-22(31-10-11-35-5-2)33-21(34)14-6-8-17(24)18(25)12-14/h6,8,12,15-16H,4-5,7,9-11,13H2,1-3H3,(H2,30,31,32,33,34). The number of hydrogen-bond donors (Lipinski definition) is 2. The average molecular weight is 504 g/mol. The molecule has 0 spiro atoms. The lowest BCUT2D eigenvalue weighted by Gasteiger charge is -2.33. The summed E-state index contributed by atoms with van der Waals surface area (Å²) in [6.07, 6.45) is -4.50. The van der Waals surface area contributed by atoms with E-state index >= 15 is 0 Å². The topological polar surface area (TPSA) is 87.4 Å². The molecule has 194 valence electrons. The van der Waals surface area contributed by atoms with Crippen LogP contribution in [0.4, 0.5) is 22.0 Å². The number of nitrogens with zero attached hydrogens (tertiary/aromatic N) is 3. The second-order valence-corrected chi connectivity index (χ2v) is 7.78. The maximum absolute atomic E-state index is 13.6. The fourth-order valence-corrected chi connectivity index (χ4v) is 3.69. The zero-order chi connectivity index (χ0) is 26.0. The van der Waals surface area contributed by atoms with Gasteiger partial charge in [0, 0.05) is 31.5 Å². The Bertz CT molecular complexity index is 962. The van der Waals surface area contributed by atoms with Crippen molar-refractivity contribution in [3.05, 3.63) is 35.4 Å². The SMILES string of the molecule is CCN=C(NC(=NCCOCC)NC(=O)c1ccc(F)c(F)c1)C1CC(C(F)(F)F)CCC1=NC. The first-order valence-electron chi connectivity index (χ1n) is 11.3. The molecule has 7 nitrogen and oxygen atoms in total. The van der Waals surface area contributed by atoms with Crippen LogP contribution in [0.25, 0.3) is 0 Å². The van der Waals surface area contributed by atoms with E-state index in [1.165, 1.54) is 7.05 Å². The highest BCUT2D eigenvalue weighted by Crippen LogP contribution is 2.39. The van der Waals surface area contributed by atoms with Crippen molar-refractivity contribution in [3.8, 4) is 0 Å². The van der Waals surface area contributed by atoms with Gasteiger partial charge in [0.25, 0.3) is 5.91 Å². The quantitative estimate of drug-likeness (QED) is 0.254. The van der Waals surface area contributed by atoms with E-state index in [4.69, 9.17) is 4.74 Å². The molecule has 2 unspecified atom stereocenters. The number of hydrogen-bond acceptors (Lipinski definition) is 5. The molecule has 35 heavy (non-hydrogen) atoms. The van der Waals surface area contributed by atoms with E-state index in [2.05, 4.69) is 25.6 Å². The number of benzene rings is 1. The van der Waals surface area contributed by atoms with E-state index in [9.17, 15) is 26.7 Å². The molecule has 0 aliphatic heterocycles. The Balaban J connectivity index is 2.31. The van der Waals surface area contributed by atoms with Gasteiger partial charge in [-0.3, -0.25) is 25.1 Å². The Hall–Kier alpha value is -2.89. The summed E-state index contributed by atoms with van der Waals surface area (Å²) >= 11 is 0. The molecule has 0 saturated heterocycles. The third-order valence-corrected chi connectivity index (χ3v) is 5.45. The van der Waals surface area contributed by atoms with Crippen LogP contribution in [0, 0.1) is 23.5 Å². The van der Waals surface area contributed by atoms with E-state index in [-0.39, 0.29) is 56.3 Å². The Morgan fingerprint density at radius 1 is 1.14 bits per heavy atom. The maximum Gasteiger partial charge on any atom is 0.391 e. The number of nitrogens with one attached hydrogen (secondary N) is 2. The molecule has 1 aromatic carbocycles. The van der Waals surface area contributed by atoms with Crippen LogP contribution in [0.1, 0.15) is 43.5 Å². The molecule has 1 saturated carbocycles. The average Bonchev–Trinajstić information content (AvgIpc) is 2.82. The highest BCUT2D eigenvalue weighted by molar-refractivity contribution is 6.15. The highest BCUT2D eigenvalue weighted by Gasteiger charge is 2.45. The van der Waals surface area contributed by atoms with Crippen LogP contribution in [-0.2, 0) is 4.74 Å². The first-order valence-corrected chi connectivity index (χ1v) is 11.3. The molecule has 2 atom stereocenters. The molecule has 1 aliphatic rings. The van der Waals surface area contributed by atoms with Crippen LogP contribution in [0.2, 0.25) is 0 Å². The van der Waals surface area contributed by atoms with Crippen LogP contribution in [0.5, 0.6) is 0 Å². The number of amides is 1. The summed E-state index contributed by atoms with van der Waals surface area (Å²) in [7, 11) is 1.52. The summed E-state index contributed by atoms with van der Waals surface area (Å²) in [4.78, 5) is 25.4. The monoisotopic (exact) mass is 503 g/mol. The van der Waals surface area contributed by atoms with Gasteiger partial charge < -0.3 is 10.1 Å². The van der Waals surface area contributed by atoms with E-state index in [1.54, 1.807) is 13.8 Å². The van der Waals surface area contributed by atoms with Gasteiger partial charge in [-0.25, -0.2) is 8.78 Å². The second kappa shape index (κ2) is 13.3. The molecule has 1 aromatic rings. The Labute approximate surface area is 201 Å². The van der Waals surface area contributed by atoms with Crippen molar-refractivity contribution in [2.75, 3.05) is 33.4 Å². The number of guanidine groups is 1. The molecule has 1 aliphatic carbocycles. The first kappa shape index (κ1) is 28.3. The fraction of sp³-hybridized carbons (Fsp3) is 0.565. The lowest BCUT2D eigenvalue weighted by Crippen LogP contribution is -2.49. The molecule has 1 fully saturated rings. The largest absolute Gasteiger partial charge is 0.391 e. The third kappa shape index (κ3) is 8.37. The van der Waals surface area contributed by atoms with Gasteiger partial charge in [-0.2, -0.15) is 13.2 Å². The Kier molecular flexibility index (Phi) is 10.7. The van der Waals surface area contributed by atoms with Crippen LogP contribution in [0.15, 0.2) is 33.2 Å². The van der Waals surface area contributed by atoms with Crippen molar-refractivity contribution < 1.29 is 31.5 Å². The molecular weight excluding hydrogens is 473 g/mol. The van der Waals surface area contributed by atoms with E-state index in [1.807, 2.05) is 0 Å². The molecule has 12 heteroatoms. The Morgan fingerprint density at radius 3 is 2.49 bits per heavy atom. The number of carbonyl (C=O) groups is 1. The van der Waals surface area contributed by atoms with Crippen LogP contribution in [0.3, 0.4) is 0 Å². The minimum atomic E-state index is -4.36. The van der Waals surface area contributed by atoms with Crippen LogP contribution < -0.4 is 10.6 Å². The van der Waals surface area contributed by atoms with Crippen molar-refractivity contribution in [1.82, 2.24) is 10.6 Å². The molecule has 2 rings (SSSR count). The van der Waals surface area contributed by atoms with Crippen LogP contribution >= 0.6 is 0 Å². The summed E-state index contributed by atoms with van der Waals surface area (Å²) in [5, 5.41) is 5.33. The number of amidine groups is 1. The summed E-state index contributed by atoms with van der Waals surface area (Å²) in [5.74, 6) is -5.28. The van der Waals surface area contributed by atoms with Gasteiger partial charge in [-0.05, 0) is 51.3 Å². The van der Waals surface area contributed by atoms with Gasteiger partial charge in [0.15, 0.2) is 11.6 Å². The van der Waals surface area contributed by atoms with Crippen molar-refractivity contribution >= 4 is 23.4 Å².